The molecule has 0 fully saturated rings. The molecule has 0 saturated heterocycles. The summed E-state index contributed by atoms with van der Waals surface area (Å²) in [5.74, 6) is 0. The molecule has 0 aliphatic rings. The zero-order chi connectivity index (χ0) is 9.68. The Morgan fingerprint density at radius 2 is 2.08 bits per heavy atom. The van der Waals surface area contributed by atoms with Crippen molar-refractivity contribution in [3.8, 4) is 0 Å². The van der Waals surface area contributed by atoms with Gasteiger partial charge in [-0.3, -0.25) is 0 Å². The van der Waals surface area contributed by atoms with E-state index in [2.05, 4.69) is 24.4 Å². The molecule has 2 nitrogen and oxygen atoms in total. The molecule has 0 saturated carbocycles. The monoisotopic (exact) mass is 194 g/mol. The number of nitrogens with two attached hydrogens (primary N) is 1. The molecular formula is C10H14N2S. The maximum absolute atomic E-state index is 5.39. The molecule has 0 aliphatic heterocycles. The molecular weight excluding hydrogens is 180 g/mol. The topological polar surface area (TPSA) is 38.0 Å². The van der Waals surface area contributed by atoms with Gasteiger partial charge in [-0.15, -0.1) is 0 Å². The number of thiocarbonyl (C=S) groups is 1. The van der Waals surface area contributed by atoms with Crippen LogP contribution in [0, 0.1) is 0 Å². The lowest BCUT2D eigenvalue weighted by Crippen LogP contribution is -2.29. The standard InChI is InChI=1S/C10H14N2S/c1-8(12-7-10(11)13)9-5-3-2-4-6-9/h2-6,8,12H,7H2,1H3,(H2,11,13). The van der Waals surface area contributed by atoms with Crippen molar-refractivity contribution in [1.29, 1.82) is 0 Å². The highest BCUT2D eigenvalue weighted by Gasteiger charge is 2.02. The van der Waals surface area contributed by atoms with Gasteiger partial charge < -0.3 is 11.1 Å². The zero-order valence-electron chi connectivity index (χ0n) is 7.66. The highest BCUT2D eigenvalue weighted by molar-refractivity contribution is 7.80. The summed E-state index contributed by atoms with van der Waals surface area (Å²) in [7, 11) is 0. The van der Waals surface area contributed by atoms with Crippen molar-refractivity contribution < 1.29 is 0 Å². The van der Waals surface area contributed by atoms with Gasteiger partial charge in [0.05, 0.1) is 4.99 Å². The molecule has 70 valence electrons. The first-order valence-corrected chi connectivity index (χ1v) is 4.67. The fourth-order valence-corrected chi connectivity index (χ4v) is 1.20. The smallest absolute Gasteiger partial charge is 0.0867 e. The van der Waals surface area contributed by atoms with Crippen LogP contribution in [0.4, 0.5) is 0 Å². The molecule has 0 amide bonds. The molecule has 1 atom stereocenters. The molecule has 0 heterocycles. The minimum Gasteiger partial charge on any atom is -0.392 e. The maximum Gasteiger partial charge on any atom is 0.0867 e. The third-order valence-electron chi connectivity index (χ3n) is 1.88. The lowest BCUT2D eigenvalue weighted by molar-refractivity contribution is 0.628. The summed E-state index contributed by atoms with van der Waals surface area (Å²) in [5, 5.41) is 3.23. The molecule has 0 bridgehead atoms. The second-order valence-electron chi connectivity index (χ2n) is 2.98. The highest BCUT2D eigenvalue weighted by Crippen LogP contribution is 2.10. The van der Waals surface area contributed by atoms with Crippen LogP contribution < -0.4 is 11.1 Å². The number of hydrogen-bond donors (Lipinski definition) is 2. The molecule has 1 rings (SSSR count). The molecule has 0 radical (unpaired) electrons. The van der Waals surface area contributed by atoms with Crippen molar-refractivity contribution in [3.05, 3.63) is 35.9 Å². The Labute approximate surface area is 84.1 Å². The molecule has 0 spiro atoms. The third kappa shape index (κ3) is 3.53. The van der Waals surface area contributed by atoms with Crippen LogP contribution >= 0.6 is 12.2 Å². The molecule has 0 aliphatic carbocycles. The predicted molar refractivity (Wildman–Crippen MR) is 59.6 cm³/mol. The van der Waals surface area contributed by atoms with Crippen LogP contribution in [0.15, 0.2) is 30.3 Å². The summed E-state index contributed by atoms with van der Waals surface area (Å²) in [6, 6.07) is 10.5. The van der Waals surface area contributed by atoms with Gasteiger partial charge in [0, 0.05) is 12.6 Å². The minimum atomic E-state index is 0.294. The van der Waals surface area contributed by atoms with Gasteiger partial charge in [0.25, 0.3) is 0 Å². The number of nitrogens with one attached hydrogen (secondary N) is 1. The van der Waals surface area contributed by atoms with Crippen LogP contribution in [0.1, 0.15) is 18.5 Å². The van der Waals surface area contributed by atoms with Gasteiger partial charge in [0.15, 0.2) is 0 Å². The number of rotatable bonds is 4. The first-order valence-electron chi connectivity index (χ1n) is 4.27. The molecule has 1 unspecified atom stereocenters. The number of hydrogen-bond acceptors (Lipinski definition) is 2. The molecule has 3 heteroatoms. The van der Waals surface area contributed by atoms with E-state index in [0.717, 1.165) is 0 Å². The van der Waals surface area contributed by atoms with Gasteiger partial charge >= 0.3 is 0 Å². The molecule has 13 heavy (non-hydrogen) atoms. The summed E-state index contributed by atoms with van der Waals surface area (Å²) in [5.41, 5.74) is 6.64. The number of benzene rings is 1. The summed E-state index contributed by atoms with van der Waals surface area (Å²) < 4.78 is 0. The van der Waals surface area contributed by atoms with Gasteiger partial charge in [-0.05, 0) is 12.5 Å². The molecule has 1 aromatic carbocycles. The van der Waals surface area contributed by atoms with Crippen LogP contribution in [0.3, 0.4) is 0 Å². The Morgan fingerprint density at radius 1 is 1.46 bits per heavy atom. The van der Waals surface area contributed by atoms with Crippen LogP contribution in [-0.2, 0) is 0 Å². The maximum atomic E-state index is 5.39. The van der Waals surface area contributed by atoms with Gasteiger partial charge in [-0.25, -0.2) is 0 Å². The summed E-state index contributed by atoms with van der Waals surface area (Å²) in [4.78, 5) is 0.503. The summed E-state index contributed by atoms with van der Waals surface area (Å²) in [6.07, 6.45) is 0. The average molecular weight is 194 g/mol. The van der Waals surface area contributed by atoms with Crippen LogP contribution in [0.5, 0.6) is 0 Å². The lowest BCUT2D eigenvalue weighted by atomic mass is 10.1. The molecule has 1 aromatic rings. The highest BCUT2D eigenvalue weighted by atomic mass is 32.1. The van der Waals surface area contributed by atoms with E-state index in [-0.39, 0.29) is 0 Å². The first kappa shape index (κ1) is 10.2. The van der Waals surface area contributed by atoms with Gasteiger partial charge in [0.1, 0.15) is 0 Å². The molecule has 0 aromatic heterocycles. The van der Waals surface area contributed by atoms with E-state index in [0.29, 0.717) is 17.6 Å². The largest absolute Gasteiger partial charge is 0.392 e. The van der Waals surface area contributed by atoms with E-state index in [1.54, 1.807) is 0 Å². The van der Waals surface area contributed by atoms with Crippen molar-refractivity contribution in [3.63, 3.8) is 0 Å². The predicted octanol–water partition coefficient (Wildman–Crippen LogP) is 1.62. The Balaban J connectivity index is 2.49. The second kappa shape index (κ2) is 4.94. The Morgan fingerprint density at radius 3 is 2.62 bits per heavy atom. The van der Waals surface area contributed by atoms with E-state index in [1.165, 1.54) is 5.56 Å². The van der Waals surface area contributed by atoms with Gasteiger partial charge in [-0.2, -0.15) is 0 Å². The van der Waals surface area contributed by atoms with Crippen molar-refractivity contribution in [2.24, 2.45) is 5.73 Å². The average Bonchev–Trinajstić information content (AvgIpc) is 2.15. The first-order chi connectivity index (χ1) is 6.20. The van der Waals surface area contributed by atoms with Crippen molar-refractivity contribution in [1.82, 2.24) is 5.32 Å². The fraction of sp³-hybridized carbons (Fsp3) is 0.300. The molecule has 3 N–H and O–H groups in total. The SMILES string of the molecule is CC(NCC(N)=S)c1ccccc1. The van der Waals surface area contributed by atoms with E-state index in [9.17, 15) is 0 Å². The second-order valence-corrected chi connectivity index (χ2v) is 3.50. The van der Waals surface area contributed by atoms with E-state index >= 15 is 0 Å². The summed E-state index contributed by atoms with van der Waals surface area (Å²) >= 11 is 4.78. The van der Waals surface area contributed by atoms with Crippen LogP contribution in [-0.4, -0.2) is 11.5 Å². The van der Waals surface area contributed by atoms with E-state index in [1.807, 2.05) is 18.2 Å². The van der Waals surface area contributed by atoms with Crippen molar-refractivity contribution in [2.75, 3.05) is 6.54 Å². The summed E-state index contributed by atoms with van der Waals surface area (Å²) in [6.45, 7) is 2.68. The normalized spacial score (nSPS) is 12.4. The Hall–Kier alpha value is -0.930. The van der Waals surface area contributed by atoms with Gasteiger partial charge in [-0.1, -0.05) is 42.5 Å². The van der Waals surface area contributed by atoms with Crippen LogP contribution in [0.2, 0.25) is 0 Å². The van der Waals surface area contributed by atoms with Crippen molar-refractivity contribution in [2.45, 2.75) is 13.0 Å². The quantitative estimate of drug-likeness (QED) is 0.715. The lowest BCUT2D eigenvalue weighted by Gasteiger charge is -2.12. The third-order valence-corrected chi connectivity index (χ3v) is 2.03. The Bertz CT molecular complexity index is 272. The van der Waals surface area contributed by atoms with E-state index in [4.69, 9.17) is 18.0 Å². The van der Waals surface area contributed by atoms with Gasteiger partial charge in [0.2, 0.25) is 0 Å². The van der Waals surface area contributed by atoms with Crippen LogP contribution in [0.25, 0.3) is 0 Å². The zero-order valence-corrected chi connectivity index (χ0v) is 8.47. The van der Waals surface area contributed by atoms with Crippen molar-refractivity contribution >= 4 is 17.2 Å². The minimum absolute atomic E-state index is 0.294. The Kier molecular flexibility index (Phi) is 3.86. The fourth-order valence-electron chi connectivity index (χ4n) is 1.11. The van der Waals surface area contributed by atoms with E-state index < -0.39 is 0 Å².